The van der Waals surface area contributed by atoms with Gasteiger partial charge in [-0.05, 0) is 37.1 Å². The van der Waals surface area contributed by atoms with Gasteiger partial charge in [-0.15, -0.1) is 0 Å². The predicted molar refractivity (Wildman–Crippen MR) is 104 cm³/mol. The molecule has 1 amide bonds. The summed E-state index contributed by atoms with van der Waals surface area (Å²) in [4.78, 5) is 32.4. The summed E-state index contributed by atoms with van der Waals surface area (Å²) in [6.07, 6.45) is -2.08. The molecule has 0 aliphatic rings. The van der Waals surface area contributed by atoms with E-state index in [0.717, 1.165) is 0 Å². The van der Waals surface area contributed by atoms with Crippen LogP contribution >= 0.6 is 0 Å². The lowest BCUT2D eigenvalue weighted by atomic mass is 10.1. The van der Waals surface area contributed by atoms with Crippen molar-refractivity contribution in [1.82, 2.24) is 15.3 Å². The number of ketones is 1. The van der Waals surface area contributed by atoms with Gasteiger partial charge in [0, 0.05) is 48.1 Å². The highest BCUT2D eigenvalue weighted by molar-refractivity contribution is 5.94. The van der Waals surface area contributed by atoms with Crippen molar-refractivity contribution in [2.75, 3.05) is 6.61 Å². The highest BCUT2D eigenvalue weighted by Gasteiger charge is 2.29. The summed E-state index contributed by atoms with van der Waals surface area (Å²) in [5.74, 6) is -0.383. The number of ether oxygens (including phenoxy) is 1. The van der Waals surface area contributed by atoms with Gasteiger partial charge < -0.3 is 10.1 Å². The Morgan fingerprint density at radius 1 is 1.17 bits per heavy atom. The van der Waals surface area contributed by atoms with Crippen molar-refractivity contribution >= 4 is 11.7 Å². The van der Waals surface area contributed by atoms with Gasteiger partial charge in [0.2, 0.25) is 5.88 Å². The lowest BCUT2D eigenvalue weighted by Gasteiger charge is -2.13. The van der Waals surface area contributed by atoms with Crippen molar-refractivity contribution < 1.29 is 27.5 Å². The van der Waals surface area contributed by atoms with E-state index in [0.29, 0.717) is 40.9 Å². The van der Waals surface area contributed by atoms with Gasteiger partial charge in [0.25, 0.3) is 5.91 Å². The van der Waals surface area contributed by atoms with Gasteiger partial charge >= 0.3 is 6.18 Å². The predicted octanol–water partition coefficient (Wildman–Crippen LogP) is 3.74. The molecule has 2 aromatic rings. The third-order valence-electron chi connectivity index (χ3n) is 4.23. The first kappa shape index (κ1) is 23.3. The SMILES string of the molecule is CCC(=O)Cc1cc(C(=O)NCc2cnc(OCC(F)(F)F)c(CC)c2)cc(C)n1. The summed E-state index contributed by atoms with van der Waals surface area (Å²) < 4.78 is 41.8. The van der Waals surface area contributed by atoms with Gasteiger partial charge in [-0.3, -0.25) is 14.6 Å². The number of rotatable bonds is 9. The Morgan fingerprint density at radius 2 is 1.90 bits per heavy atom. The molecule has 0 aliphatic carbocycles. The molecule has 2 heterocycles. The number of carbonyl (C=O) groups is 2. The van der Waals surface area contributed by atoms with Crippen LogP contribution in [0.3, 0.4) is 0 Å². The molecule has 0 fully saturated rings. The fourth-order valence-corrected chi connectivity index (χ4v) is 2.75. The Morgan fingerprint density at radius 3 is 2.53 bits per heavy atom. The highest BCUT2D eigenvalue weighted by Crippen LogP contribution is 2.21. The van der Waals surface area contributed by atoms with Crippen LogP contribution in [0.25, 0.3) is 0 Å². The molecule has 0 aromatic carbocycles. The summed E-state index contributed by atoms with van der Waals surface area (Å²) in [6, 6.07) is 4.86. The number of aromatic nitrogens is 2. The van der Waals surface area contributed by atoms with Crippen molar-refractivity contribution in [3.05, 3.63) is 52.5 Å². The van der Waals surface area contributed by atoms with Crippen LogP contribution in [0.4, 0.5) is 13.2 Å². The molecule has 30 heavy (non-hydrogen) atoms. The smallest absolute Gasteiger partial charge is 0.422 e. The first-order valence-electron chi connectivity index (χ1n) is 9.56. The van der Waals surface area contributed by atoms with Gasteiger partial charge in [-0.25, -0.2) is 4.98 Å². The van der Waals surface area contributed by atoms with E-state index >= 15 is 0 Å². The molecule has 0 saturated heterocycles. The van der Waals surface area contributed by atoms with Crippen molar-refractivity contribution in [3.8, 4) is 5.88 Å². The molecule has 2 rings (SSSR count). The number of carbonyl (C=O) groups excluding carboxylic acids is 2. The van der Waals surface area contributed by atoms with E-state index in [2.05, 4.69) is 15.3 Å². The molecule has 0 spiro atoms. The maximum absolute atomic E-state index is 12.5. The zero-order chi connectivity index (χ0) is 22.3. The zero-order valence-corrected chi connectivity index (χ0v) is 17.1. The van der Waals surface area contributed by atoms with Gasteiger partial charge in [0.05, 0.1) is 0 Å². The Balaban J connectivity index is 2.06. The third-order valence-corrected chi connectivity index (χ3v) is 4.23. The lowest BCUT2D eigenvalue weighted by molar-refractivity contribution is -0.154. The average molecular weight is 423 g/mol. The van der Waals surface area contributed by atoms with E-state index in [1.807, 2.05) is 0 Å². The molecule has 0 bridgehead atoms. The fourth-order valence-electron chi connectivity index (χ4n) is 2.75. The van der Waals surface area contributed by atoms with Crippen LogP contribution in [0.1, 0.15) is 53.1 Å². The van der Waals surface area contributed by atoms with Gasteiger partial charge in [0.1, 0.15) is 5.78 Å². The number of amides is 1. The third kappa shape index (κ3) is 7.13. The summed E-state index contributed by atoms with van der Waals surface area (Å²) in [5, 5.41) is 2.75. The van der Waals surface area contributed by atoms with Crippen molar-refractivity contribution in [2.45, 2.75) is 52.8 Å². The summed E-state index contributed by atoms with van der Waals surface area (Å²) in [5.41, 5.74) is 2.70. The average Bonchev–Trinajstić information content (AvgIpc) is 2.69. The van der Waals surface area contributed by atoms with Crippen LogP contribution in [0.5, 0.6) is 5.88 Å². The van der Waals surface area contributed by atoms with Crippen molar-refractivity contribution in [1.29, 1.82) is 0 Å². The molecule has 1 N–H and O–H groups in total. The number of nitrogens with one attached hydrogen (secondary N) is 1. The topological polar surface area (TPSA) is 81.2 Å². The number of aryl methyl sites for hydroxylation is 2. The second-order valence-corrected chi connectivity index (χ2v) is 6.81. The second-order valence-electron chi connectivity index (χ2n) is 6.81. The molecule has 162 valence electrons. The Hall–Kier alpha value is -2.97. The molecule has 9 heteroatoms. The lowest BCUT2D eigenvalue weighted by Crippen LogP contribution is -2.24. The molecule has 0 radical (unpaired) electrons. The molecule has 2 aromatic heterocycles. The summed E-state index contributed by atoms with van der Waals surface area (Å²) in [7, 11) is 0. The second kappa shape index (κ2) is 10.2. The number of nitrogens with zero attached hydrogens (tertiary/aromatic N) is 2. The standard InChI is InChI=1S/C21H24F3N3O3/c1-4-15-7-14(11-26-20(15)30-12-21(22,23)24)10-25-19(29)16-6-13(3)27-17(8-16)9-18(28)5-2/h6-8,11H,4-5,9-10,12H2,1-3H3,(H,25,29). The largest absolute Gasteiger partial charge is 0.468 e. The van der Waals surface area contributed by atoms with Crippen LogP contribution in [-0.4, -0.2) is 34.4 Å². The first-order valence-corrected chi connectivity index (χ1v) is 9.56. The highest BCUT2D eigenvalue weighted by atomic mass is 19.4. The molecular formula is C21H24F3N3O3. The molecule has 0 saturated carbocycles. The van der Waals surface area contributed by atoms with E-state index in [-0.39, 0.29) is 30.5 Å². The first-order chi connectivity index (χ1) is 14.1. The van der Waals surface area contributed by atoms with E-state index < -0.39 is 12.8 Å². The number of alkyl halides is 3. The monoisotopic (exact) mass is 423 g/mol. The van der Waals surface area contributed by atoms with E-state index in [4.69, 9.17) is 4.74 Å². The minimum Gasteiger partial charge on any atom is -0.468 e. The van der Waals surface area contributed by atoms with E-state index in [9.17, 15) is 22.8 Å². The molecule has 0 atom stereocenters. The maximum atomic E-state index is 12.5. The van der Waals surface area contributed by atoms with Gasteiger partial charge in [-0.2, -0.15) is 13.2 Å². The van der Waals surface area contributed by atoms with Crippen LogP contribution in [0.2, 0.25) is 0 Å². The number of pyridine rings is 2. The minimum atomic E-state index is -4.44. The molecule has 0 aliphatic heterocycles. The fraction of sp³-hybridized carbons (Fsp3) is 0.429. The molecule has 0 unspecified atom stereocenters. The normalized spacial score (nSPS) is 11.3. The van der Waals surface area contributed by atoms with Crippen molar-refractivity contribution in [3.63, 3.8) is 0 Å². The minimum absolute atomic E-state index is 0.0328. The van der Waals surface area contributed by atoms with Gasteiger partial charge in [-0.1, -0.05) is 13.8 Å². The number of Topliss-reactive ketones (excluding diaryl/α,β-unsaturated/α-hetero) is 1. The summed E-state index contributed by atoms with van der Waals surface area (Å²) in [6.45, 7) is 4.02. The maximum Gasteiger partial charge on any atom is 0.422 e. The van der Waals surface area contributed by atoms with E-state index in [1.54, 1.807) is 39.0 Å². The molecule has 6 nitrogen and oxygen atoms in total. The number of hydrogen-bond donors (Lipinski definition) is 1. The number of halogens is 3. The van der Waals surface area contributed by atoms with Crippen LogP contribution in [0, 0.1) is 6.92 Å². The quantitative estimate of drug-likeness (QED) is 0.665. The van der Waals surface area contributed by atoms with Gasteiger partial charge in [0.15, 0.2) is 6.61 Å². The van der Waals surface area contributed by atoms with Crippen LogP contribution in [0.15, 0.2) is 24.4 Å². The van der Waals surface area contributed by atoms with Crippen LogP contribution < -0.4 is 10.1 Å². The Labute approximate surface area is 172 Å². The molecular weight excluding hydrogens is 399 g/mol. The summed E-state index contributed by atoms with van der Waals surface area (Å²) >= 11 is 0. The number of hydrogen-bond acceptors (Lipinski definition) is 5. The Kier molecular flexibility index (Phi) is 7.91. The van der Waals surface area contributed by atoms with Crippen LogP contribution in [-0.2, 0) is 24.2 Å². The van der Waals surface area contributed by atoms with Crippen molar-refractivity contribution in [2.24, 2.45) is 0 Å². The van der Waals surface area contributed by atoms with E-state index in [1.165, 1.54) is 6.20 Å². The zero-order valence-electron chi connectivity index (χ0n) is 17.1. The Bertz CT molecular complexity index is 914.